The predicted molar refractivity (Wildman–Crippen MR) is 119 cm³/mol. The van der Waals surface area contributed by atoms with Crippen molar-refractivity contribution in [3.63, 3.8) is 0 Å². The van der Waals surface area contributed by atoms with Gasteiger partial charge in [-0.2, -0.15) is 0 Å². The largest absolute Gasteiger partial charge is 0.481 e. The molecule has 0 atom stereocenters. The molecule has 1 aliphatic heterocycles. The maximum absolute atomic E-state index is 12.5. The molecule has 4 rings (SSSR count). The Morgan fingerprint density at radius 3 is 2.21 bits per heavy atom. The zero-order valence-electron chi connectivity index (χ0n) is 17.5. The van der Waals surface area contributed by atoms with Gasteiger partial charge in [-0.25, -0.2) is 0 Å². The highest BCUT2D eigenvalue weighted by Gasteiger charge is 2.35. The summed E-state index contributed by atoms with van der Waals surface area (Å²) >= 11 is 0. The van der Waals surface area contributed by atoms with E-state index in [1.54, 1.807) is 30.3 Å². The molecule has 0 aromatic heterocycles. The molecule has 0 saturated carbocycles. The van der Waals surface area contributed by atoms with E-state index in [1.165, 1.54) is 12.1 Å². The number of carbonyl (C=O) groups is 4. The summed E-state index contributed by atoms with van der Waals surface area (Å²) in [4.78, 5) is 48.8. The van der Waals surface area contributed by atoms with Crippen molar-refractivity contribution >= 4 is 29.4 Å². The number of carboxylic acid groups (broad SMARTS) is 1. The van der Waals surface area contributed by atoms with Crippen molar-refractivity contribution in [3.8, 4) is 11.5 Å². The van der Waals surface area contributed by atoms with Gasteiger partial charge in [0.1, 0.15) is 11.5 Å². The Labute approximate surface area is 189 Å². The van der Waals surface area contributed by atoms with E-state index in [4.69, 9.17) is 9.84 Å². The van der Waals surface area contributed by atoms with Gasteiger partial charge in [0.25, 0.3) is 11.8 Å². The van der Waals surface area contributed by atoms with Crippen molar-refractivity contribution in [3.05, 3.63) is 89.5 Å². The molecule has 0 bridgehead atoms. The molecule has 8 nitrogen and oxygen atoms in total. The van der Waals surface area contributed by atoms with Crippen molar-refractivity contribution < 1.29 is 29.0 Å². The van der Waals surface area contributed by atoms with E-state index < -0.39 is 17.8 Å². The maximum atomic E-state index is 12.5. The fraction of sp³-hybridized carbons (Fsp3) is 0.120. The first-order valence-electron chi connectivity index (χ1n) is 10.2. The lowest BCUT2D eigenvalue weighted by atomic mass is 10.1. The van der Waals surface area contributed by atoms with Crippen LogP contribution in [0.4, 0.5) is 5.69 Å². The van der Waals surface area contributed by atoms with Gasteiger partial charge in [0.15, 0.2) is 0 Å². The van der Waals surface area contributed by atoms with Crippen LogP contribution in [0.15, 0.2) is 72.8 Å². The minimum absolute atomic E-state index is 0.135. The summed E-state index contributed by atoms with van der Waals surface area (Å²) in [6, 6.07) is 20.7. The number of ether oxygens (including phenoxy) is 1. The summed E-state index contributed by atoms with van der Waals surface area (Å²) in [7, 11) is 0. The Morgan fingerprint density at radius 1 is 0.848 bits per heavy atom. The third-order valence-electron chi connectivity index (χ3n) is 5.07. The molecule has 2 N–H and O–H groups in total. The van der Waals surface area contributed by atoms with Crippen LogP contribution in [0.3, 0.4) is 0 Å². The van der Waals surface area contributed by atoms with Gasteiger partial charge in [-0.05, 0) is 48.0 Å². The second kappa shape index (κ2) is 9.35. The van der Waals surface area contributed by atoms with E-state index in [0.29, 0.717) is 17.2 Å². The van der Waals surface area contributed by atoms with Crippen LogP contribution in [0.2, 0.25) is 0 Å². The van der Waals surface area contributed by atoms with Crippen LogP contribution >= 0.6 is 0 Å². The number of fused-ring (bicyclic) bond motifs is 1. The zero-order chi connectivity index (χ0) is 23.4. The van der Waals surface area contributed by atoms with Gasteiger partial charge >= 0.3 is 5.97 Å². The van der Waals surface area contributed by atoms with Crippen LogP contribution in [-0.2, 0) is 16.0 Å². The van der Waals surface area contributed by atoms with Crippen LogP contribution in [0, 0.1) is 0 Å². The van der Waals surface area contributed by atoms with E-state index in [1.807, 2.05) is 30.3 Å². The standard InChI is InChI=1S/C25H20N2O6/c28-22(14-16-4-2-1-3-5-16)26-17-6-8-18(9-7-17)33-19-10-11-20-21(15-19)25(32)27(24(20)31)13-12-23(29)30/h1-11,15H,12-14H2,(H,26,28)(H,29,30). The number of hydrogen-bond acceptors (Lipinski definition) is 5. The number of benzene rings is 3. The van der Waals surface area contributed by atoms with Gasteiger partial charge < -0.3 is 15.2 Å². The SMILES string of the molecule is O=C(O)CCN1C(=O)c2ccc(Oc3ccc(NC(=O)Cc4ccccc4)cc3)cc2C1=O. The quantitative estimate of drug-likeness (QED) is 0.512. The first kappa shape index (κ1) is 21.8. The maximum Gasteiger partial charge on any atom is 0.305 e. The summed E-state index contributed by atoms with van der Waals surface area (Å²) in [5.41, 5.74) is 1.93. The highest BCUT2D eigenvalue weighted by molar-refractivity contribution is 6.21. The molecule has 0 spiro atoms. The van der Waals surface area contributed by atoms with E-state index in [2.05, 4.69) is 5.32 Å². The van der Waals surface area contributed by atoms with Gasteiger partial charge in [-0.1, -0.05) is 30.3 Å². The van der Waals surface area contributed by atoms with Gasteiger partial charge in [-0.15, -0.1) is 0 Å². The molecule has 0 radical (unpaired) electrons. The molecule has 8 heteroatoms. The van der Waals surface area contributed by atoms with Crippen molar-refractivity contribution in [2.75, 3.05) is 11.9 Å². The summed E-state index contributed by atoms with van der Waals surface area (Å²) in [6.45, 7) is -0.185. The molecule has 3 amide bonds. The highest BCUT2D eigenvalue weighted by atomic mass is 16.5. The average molecular weight is 444 g/mol. The third kappa shape index (κ3) is 5.07. The van der Waals surface area contributed by atoms with E-state index in [-0.39, 0.29) is 36.4 Å². The number of imide groups is 1. The normalized spacial score (nSPS) is 12.4. The Morgan fingerprint density at radius 2 is 1.52 bits per heavy atom. The van der Waals surface area contributed by atoms with Crippen molar-refractivity contribution in [1.29, 1.82) is 0 Å². The minimum atomic E-state index is -1.09. The molecule has 1 aliphatic rings. The van der Waals surface area contributed by atoms with Crippen molar-refractivity contribution in [2.24, 2.45) is 0 Å². The number of carboxylic acids is 1. The Bertz CT molecular complexity index is 1220. The minimum Gasteiger partial charge on any atom is -0.481 e. The molecule has 0 saturated heterocycles. The Hall–Kier alpha value is -4.46. The van der Waals surface area contributed by atoms with Crippen LogP contribution < -0.4 is 10.1 Å². The second-order valence-electron chi connectivity index (χ2n) is 7.45. The van der Waals surface area contributed by atoms with Gasteiger partial charge in [-0.3, -0.25) is 24.1 Å². The molecule has 33 heavy (non-hydrogen) atoms. The number of anilines is 1. The lowest BCUT2D eigenvalue weighted by molar-refractivity contribution is -0.137. The Balaban J connectivity index is 1.39. The van der Waals surface area contributed by atoms with Gasteiger partial charge in [0.2, 0.25) is 5.91 Å². The van der Waals surface area contributed by atoms with Crippen molar-refractivity contribution in [1.82, 2.24) is 4.90 Å². The van der Waals surface area contributed by atoms with E-state index >= 15 is 0 Å². The number of aliphatic carboxylic acids is 1. The molecule has 166 valence electrons. The first-order chi connectivity index (χ1) is 15.9. The summed E-state index contributed by atoms with van der Waals surface area (Å²) in [6.07, 6.45) is -0.0481. The summed E-state index contributed by atoms with van der Waals surface area (Å²) in [5.74, 6) is -1.44. The topological polar surface area (TPSA) is 113 Å². The summed E-state index contributed by atoms with van der Waals surface area (Å²) in [5, 5.41) is 11.6. The zero-order valence-corrected chi connectivity index (χ0v) is 17.5. The number of nitrogens with zero attached hydrogens (tertiary/aromatic N) is 1. The molecule has 0 aliphatic carbocycles. The number of amides is 3. The lowest BCUT2D eigenvalue weighted by Crippen LogP contribution is -2.31. The van der Waals surface area contributed by atoms with Gasteiger partial charge in [0, 0.05) is 12.2 Å². The molecule has 0 fully saturated rings. The average Bonchev–Trinajstić information content (AvgIpc) is 3.03. The molecule has 3 aromatic carbocycles. The predicted octanol–water partition coefficient (Wildman–Crippen LogP) is 3.73. The number of nitrogens with one attached hydrogen (secondary N) is 1. The molecule has 0 unspecified atom stereocenters. The van der Waals surface area contributed by atoms with E-state index in [0.717, 1.165) is 10.5 Å². The number of rotatable bonds is 8. The number of hydrogen-bond donors (Lipinski definition) is 2. The van der Waals surface area contributed by atoms with E-state index in [9.17, 15) is 19.2 Å². The van der Waals surface area contributed by atoms with Crippen LogP contribution in [0.1, 0.15) is 32.7 Å². The van der Waals surface area contributed by atoms with Crippen molar-refractivity contribution in [2.45, 2.75) is 12.8 Å². The molecular formula is C25H20N2O6. The smallest absolute Gasteiger partial charge is 0.305 e. The second-order valence-corrected chi connectivity index (χ2v) is 7.45. The Kier molecular flexibility index (Phi) is 6.17. The number of carbonyl (C=O) groups excluding carboxylic acids is 3. The van der Waals surface area contributed by atoms with Crippen LogP contribution in [0.25, 0.3) is 0 Å². The van der Waals surface area contributed by atoms with Crippen LogP contribution in [-0.4, -0.2) is 40.2 Å². The monoisotopic (exact) mass is 444 g/mol. The third-order valence-corrected chi connectivity index (χ3v) is 5.07. The molecule has 3 aromatic rings. The highest BCUT2D eigenvalue weighted by Crippen LogP contribution is 2.30. The fourth-order valence-electron chi connectivity index (χ4n) is 3.47. The van der Waals surface area contributed by atoms with Crippen LogP contribution in [0.5, 0.6) is 11.5 Å². The molecular weight excluding hydrogens is 424 g/mol. The molecule has 1 heterocycles. The van der Waals surface area contributed by atoms with Gasteiger partial charge in [0.05, 0.1) is 24.0 Å². The fourth-order valence-corrected chi connectivity index (χ4v) is 3.47. The first-order valence-corrected chi connectivity index (χ1v) is 10.2. The summed E-state index contributed by atoms with van der Waals surface area (Å²) < 4.78 is 5.79. The lowest BCUT2D eigenvalue weighted by Gasteiger charge is -2.11.